The first kappa shape index (κ1) is 19.1. The van der Waals surface area contributed by atoms with E-state index < -0.39 is 0 Å². The van der Waals surface area contributed by atoms with E-state index in [-0.39, 0.29) is 5.78 Å². The summed E-state index contributed by atoms with van der Waals surface area (Å²) in [6.45, 7) is 9.62. The zero-order chi connectivity index (χ0) is 18.6. The van der Waals surface area contributed by atoms with Gasteiger partial charge in [0.25, 0.3) is 0 Å². The molecule has 5 rings (SSSR count). The van der Waals surface area contributed by atoms with Crippen LogP contribution in [0.25, 0.3) is 0 Å². The third kappa shape index (κ3) is 3.30. The standard InChI is InChI=1S/C19H16O2.2C2H6/c1-11(21)13-3-5-15-16-6-7-17(19(15)9-13)14-4-2-12(10-20)8-18(14)16;2*1-2/h2-5,8-10,16-17H,6-7H2,1H3;2*1-2H3. The van der Waals surface area contributed by atoms with E-state index in [1.54, 1.807) is 6.92 Å². The van der Waals surface area contributed by atoms with E-state index in [4.69, 9.17) is 0 Å². The Kier molecular flexibility index (Phi) is 6.30. The predicted molar refractivity (Wildman–Crippen MR) is 104 cm³/mol. The number of aldehydes is 1. The molecule has 0 aromatic heterocycles. The molecule has 0 spiro atoms. The Morgan fingerprint density at radius 3 is 1.88 bits per heavy atom. The van der Waals surface area contributed by atoms with Crippen LogP contribution in [0, 0.1) is 0 Å². The highest BCUT2D eigenvalue weighted by molar-refractivity contribution is 5.94. The van der Waals surface area contributed by atoms with E-state index in [0.29, 0.717) is 11.8 Å². The fourth-order valence-electron chi connectivity index (χ4n) is 3.99. The summed E-state index contributed by atoms with van der Waals surface area (Å²) in [7, 11) is 0. The van der Waals surface area contributed by atoms with Crippen LogP contribution in [0.5, 0.6) is 0 Å². The molecule has 2 nitrogen and oxygen atoms in total. The molecular formula is C23H28O2. The lowest BCUT2D eigenvalue weighted by molar-refractivity contribution is 0.101. The lowest BCUT2D eigenvalue weighted by Gasteiger charge is -2.40. The molecule has 2 atom stereocenters. The van der Waals surface area contributed by atoms with E-state index in [1.165, 1.54) is 22.3 Å². The van der Waals surface area contributed by atoms with Crippen LogP contribution < -0.4 is 0 Å². The van der Waals surface area contributed by atoms with Gasteiger partial charge in [0.1, 0.15) is 6.29 Å². The van der Waals surface area contributed by atoms with Crippen molar-refractivity contribution in [3.05, 3.63) is 69.8 Å². The van der Waals surface area contributed by atoms with E-state index in [9.17, 15) is 9.59 Å². The molecule has 0 saturated heterocycles. The first-order valence-corrected chi connectivity index (χ1v) is 9.43. The predicted octanol–water partition coefficient (Wildman–Crippen LogP) is 6.13. The molecular weight excluding hydrogens is 308 g/mol. The second kappa shape index (κ2) is 8.24. The number of benzene rings is 2. The normalized spacial score (nSPS) is 18.6. The maximum Gasteiger partial charge on any atom is 0.159 e. The summed E-state index contributed by atoms with van der Waals surface area (Å²) in [5, 5.41) is 0. The lowest BCUT2D eigenvalue weighted by atomic mass is 9.63. The number of carbonyl (C=O) groups excluding carboxylic acids is 2. The highest BCUT2D eigenvalue weighted by Crippen LogP contribution is 2.52. The van der Waals surface area contributed by atoms with Crippen molar-refractivity contribution in [2.24, 2.45) is 0 Å². The smallest absolute Gasteiger partial charge is 0.159 e. The molecule has 0 aliphatic heterocycles. The van der Waals surface area contributed by atoms with Crippen LogP contribution in [0.15, 0.2) is 36.4 Å². The molecule has 0 N–H and O–H groups in total. The Labute approximate surface area is 151 Å². The van der Waals surface area contributed by atoms with Crippen LogP contribution in [-0.4, -0.2) is 12.1 Å². The molecule has 2 unspecified atom stereocenters. The third-order valence-corrected chi connectivity index (χ3v) is 4.99. The molecule has 2 aromatic carbocycles. The summed E-state index contributed by atoms with van der Waals surface area (Å²) >= 11 is 0. The van der Waals surface area contributed by atoms with Crippen molar-refractivity contribution < 1.29 is 9.59 Å². The molecule has 132 valence electrons. The number of rotatable bonds is 2. The Balaban J connectivity index is 0.000000528. The Hall–Kier alpha value is -2.22. The van der Waals surface area contributed by atoms with Gasteiger partial charge in [-0.3, -0.25) is 9.59 Å². The number of ketones is 1. The Morgan fingerprint density at radius 2 is 1.36 bits per heavy atom. The van der Waals surface area contributed by atoms with Gasteiger partial charge in [-0.1, -0.05) is 52.0 Å². The first-order valence-electron chi connectivity index (χ1n) is 9.43. The Morgan fingerprint density at radius 1 is 0.840 bits per heavy atom. The lowest BCUT2D eigenvalue weighted by Crippen LogP contribution is -2.25. The molecule has 3 aliphatic carbocycles. The van der Waals surface area contributed by atoms with Crippen molar-refractivity contribution in [2.75, 3.05) is 0 Å². The van der Waals surface area contributed by atoms with Crippen molar-refractivity contribution in [3.8, 4) is 0 Å². The number of hydrogen-bond donors (Lipinski definition) is 0. The van der Waals surface area contributed by atoms with Crippen LogP contribution in [0.4, 0.5) is 0 Å². The monoisotopic (exact) mass is 336 g/mol. The number of hydrogen-bond acceptors (Lipinski definition) is 2. The summed E-state index contributed by atoms with van der Waals surface area (Å²) in [6.07, 6.45) is 3.18. The van der Waals surface area contributed by atoms with Gasteiger partial charge in [0.05, 0.1) is 0 Å². The summed E-state index contributed by atoms with van der Waals surface area (Å²) < 4.78 is 0. The molecule has 0 fully saturated rings. The van der Waals surface area contributed by atoms with Gasteiger partial charge in [-0.25, -0.2) is 0 Å². The molecule has 2 heteroatoms. The van der Waals surface area contributed by atoms with E-state index in [1.807, 2.05) is 45.9 Å². The molecule has 0 saturated carbocycles. The molecule has 0 heterocycles. The average molecular weight is 336 g/mol. The summed E-state index contributed by atoms with van der Waals surface area (Å²) in [5.74, 6) is 0.872. The fraction of sp³-hybridized carbons (Fsp3) is 0.391. The van der Waals surface area contributed by atoms with Crippen molar-refractivity contribution in [2.45, 2.75) is 59.3 Å². The molecule has 0 radical (unpaired) electrons. The number of Topliss-reactive ketones (excluding diaryl/α,β-unsaturated/α-hetero) is 1. The third-order valence-electron chi connectivity index (χ3n) is 4.99. The van der Waals surface area contributed by atoms with Gasteiger partial charge in [-0.15, -0.1) is 0 Å². The van der Waals surface area contributed by atoms with Crippen molar-refractivity contribution in [1.82, 2.24) is 0 Å². The van der Waals surface area contributed by atoms with Crippen LogP contribution in [0.1, 0.15) is 102 Å². The summed E-state index contributed by atoms with van der Waals surface area (Å²) in [5.41, 5.74) is 6.84. The van der Waals surface area contributed by atoms with E-state index in [2.05, 4.69) is 18.2 Å². The highest BCUT2D eigenvalue weighted by atomic mass is 16.1. The molecule has 2 aromatic rings. The Bertz CT molecular complexity index is 774. The number of carbonyl (C=O) groups is 2. The molecule has 25 heavy (non-hydrogen) atoms. The van der Waals surface area contributed by atoms with Crippen molar-refractivity contribution >= 4 is 12.1 Å². The van der Waals surface area contributed by atoms with Gasteiger partial charge in [0.2, 0.25) is 0 Å². The van der Waals surface area contributed by atoms with Gasteiger partial charge >= 0.3 is 0 Å². The van der Waals surface area contributed by atoms with Crippen LogP contribution in [0.2, 0.25) is 0 Å². The molecule has 3 aliphatic rings. The van der Waals surface area contributed by atoms with E-state index in [0.717, 1.165) is 30.3 Å². The average Bonchev–Trinajstić information content (AvgIpc) is 2.70. The minimum atomic E-state index is 0.121. The fourth-order valence-corrected chi connectivity index (χ4v) is 3.99. The largest absolute Gasteiger partial charge is 0.298 e. The second-order valence-corrected chi connectivity index (χ2v) is 6.09. The minimum absolute atomic E-state index is 0.121. The van der Waals surface area contributed by atoms with Gasteiger partial charge in [-0.05, 0) is 54.2 Å². The minimum Gasteiger partial charge on any atom is -0.298 e. The summed E-state index contributed by atoms with van der Waals surface area (Å²) in [6, 6.07) is 12.2. The second-order valence-electron chi connectivity index (χ2n) is 6.09. The van der Waals surface area contributed by atoms with Gasteiger partial charge in [-0.2, -0.15) is 0 Å². The topological polar surface area (TPSA) is 34.1 Å². The van der Waals surface area contributed by atoms with Crippen LogP contribution in [-0.2, 0) is 0 Å². The SMILES string of the molecule is CC.CC.CC(=O)c1ccc2c(c1)C1CCC2c2cc(C=O)ccc21. The quantitative estimate of drug-likeness (QED) is 0.488. The zero-order valence-electron chi connectivity index (χ0n) is 15.9. The molecule has 2 bridgehead atoms. The molecule has 0 amide bonds. The van der Waals surface area contributed by atoms with Gasteiger partial charge in [0, 0.05) is 23.0 Å². The van der Waals surface area contributed by atoms with Crippen LogP contribution >= 0.6 is 0 Å². The first-order chi connectivity index (χ1) is 12.2. The zero-order valence-corrected chi connectivity index (χ0v) is 15.9. The van der Waals surface area contributed by atoms with Crippen molar-refractivity contribution in [1.29, 1.82) is 0 Å². The van der Waals surface area contributed by atoms with Crippen molar-refractivity contribution in [3.63, 3.8) is 0 Å². The van der Waals surface area contributed by atoms with E-state index >= 15 is 0 Å². The maximum atomic E-state index is 11.6. The number of fused-ring (bicyclic) bond motifs is 1. The van der Waals surface area contributed by atoms with Gasteiger partial charge in [0.15, 0.2) is 5.78 Å². The highest BCUT2D eigenvalue weighted by Gasteiger charge is 2.37. The maximum absolute atomic E-state index is 11.6. The summed E-state index contributed by atoms with van der Waals surface area (Å²) in [4.78, 5) is 22.7. The van der Waals surface area contributed by atoms with Gasteiger partial charge < -0.3 is 0 Å². The van der Waals surface area contributed by atoms with Crippen LogP contribution in [0.3, 0.4) is 0 Å².